The number of benzene rings is 2. The van der Waals surface area contributed by atoms with Gasteiger partial charge in [-0.05, 0) is 86.2 Å². The van der Waals surface area contributed by atoms with Crippen molar-refractivity contribution in [3.05, 3.63) is 57.6 Å². The molecule has 4 nitrogen and oxygen atoms in total. The fourth-order valence-corrected chi connectivity index (χ4v) is 4.58. The predicted molar refractivity (Wildman–Crippen MR) is 118 cm³/mol. The van der Waals surface area contributed by atoms with Gasteiger partial charge in [0.15, 0.2) is 5.13 Å². The maximum absolute atomic E-state index is 13.3. The number of thiazole rings is 1. The zero-order valence-corrected chi connectivity index (χ0v) is 18.5. The average molecular weight is 446 g/mol. The summed E-state index contributed by atoms with van der Waals surface area (Å²) in [6.07, 6.45) is 0.886. The number of aryl methyl sites for hydroxylation is 2. The average Bonchev–Trinajstić information content (AvgIpc) is 3.02. The second-order valence-corrected chi connectivity index (χ2v) is 8.85. The minimum Gasteiger partial charge on any atom is -0.309 e. The molecule has 3 aromatic rings. The standard InChI is InChI=1S/C21H24BrN3OS/c1-14-12-15(2)19-18(13-14)23-21(27-19)25(11-7-10-24(3)4)20(26)16-8-5-6-9-17(16)22/h5-6,8-9,12-13H,7,10-11H2,1-4H3. The third-order valence-electron chi connectivity index (χ3n) is 4.38. The molecule has 142 valence electrons. The molecule has 1 amide bonds. The van der Waals surface area contributed by atoms with E-state index in [0.29, 0.717) is 12.1 Å². The second-order valence-electron chi connectivity index (χ2n) is 7.02. The van der Waals surface area contributed by atoms with Crippen LogP contribution < -0.4 is 4.90 Å². The lowest BCUT2D eigenvalue weighted by Crippen LogP contribution is -2.33. The number of fused-ring (bicyclic) bond motifs is 1. The molecule has 0 atom stereocenters. The molecule has 3 rings (SSSR count). The smallest absolute Gasteiger partial charge is 0.261 e. The Morgan fingerprint density at radius 3 is 2.59 bits per heavy atom. The van der Waals surface area contributed by atoms with E-state index >= 15 is 0 Å². The molecule has 0 aliphatic rings. The van der Waals surface area contributed by atoms with Crippen molar-refractivity contribution in [1.82, 2.24) is 9.88 Å². The summed E-state index contributed by atoms with van der Waals surface area (Å²) < 4.78 is 1.95. The minimum atomic E-state index is -0.0188. The highest BCUT2D eigenvalue weighted by atomic mass is 79.9. The van der Waals surface area contributed by atoms with Gasteiger partial charge in [0.2, 0.25) is 0 Å². The van der Waals surface area contributed by atoms with E-state index in [2.05, 4.69) is 46.8 Å². The summed E-state index contributed by atoms with van der Waals surface area (Å²) in [5, 5.41) is 0.762. The van der Waals surface area contributed by atoms with Gasteiger partial charge in [-0.15, -0.1) is 0 Å². The molecule has 0 radical (unpaired) electrons. The highest BCUT2D eigenvalue weighted by Crippen LogP contribution is 2.33. The van der Waals surface area contributed by atoms with Gasteiger partial charge in [0, 0.05) is 11.0 Å². The summed E-state index contributed by atoms with van der Waals surface area (Å²) in [5.74, 6) is -0.0188. The van der Waals surface area contributed by atoms with Crippen LogP contribution in [-0.2, 0) is 0 Å². The van der Waals surface area contributed by atoms with Crippen LogP contribution in [0.5, 0.6) is 0 Å². The fourth-order valence-electron chi connectivity index (χ4n) is 3.09. The van der Waals surface area contributed by atoms with Crippen LogP contribution in [0.25, 0.3) is 10.2 Å². The summed E-state index contributed by atoms with van der Waals surface area (Å²) in [4.78, 5) is 22.1. The number of nitrogens with zero attached hydrogens (tertiary/aromatic N) is 3. The Balaban J connectivity index is 2.00. The van der Waals surface area contributed by atoms with Gasteiger partial charge in [0.05, 0.1) is 15.8 Å². The normalized spacial score (nSPS) is 11.3. The summed E-state index contributed by atoms with van der Waals surface area (Å²) in [7, 11) is 4.09. The van der Waals surface area contributed by atoms with Crippen molar-refractivity contribution in [2.45, 2.75) is 20.3 Å². The van der Waals surface area contributed by atoms with Crippen molar-refractivity contribution in [1.29, 1.82) is 0 Å². The molecule has 27 heavy (non-hydrogen) atoms. The Morgan fingerprint density at radius 2 is 1.89 bits per heavy atom. The molecule has 0 N–H and O–H groups in total. The number of halogens is 1. The lowest BCUT2D eigenvalue weighted by atomic mass is 10.1. The predicted octanol–water partition coefficient (Wildman–Crippen LogP) is 5.27. The first kappa shape index (κ1) is 20.0. The Labute approximate surface area is 172 Å². The van der Waals surface area contributed by atoms with Crippen molar-refractivity contribution in [2.75, 3.05) is 32.1 Å². The number of carbonyl (C=O) groups excluding carboxylic acids is 1. The fraction of sp³-hybridized carbons (Fsp3) is 0.333. The third-order valence-corrected chi connectivity index (χ3v) is 6.30. The van der Waals surface area contributed by atoms with Gasteiger partial charge >= 0.3 is 0 Å². The minimum absolute atomic E-state index is 0.0188. The second kappa shape index (κ2) is 8.50. The van der Waals surface area contributed by atoms with Crippen LogP contribution in [0.1, 0.15) is 27.9 Å². The van der Waals surface area contributed by atoms with Gasteiger partial charge in [-0.1, -0.05) is 29.5 Å². The van der Waals surface area contributed by atoms with Gasteiger partial charge in [-0.3, -0.25) is 9.69 Å². The van der Waals surface area contributed by atoms with Crippen molar-refractivity contribution in [3.63, 3.8) is 0 Å². The van der Waals surface area contributed by atoms with E-state index in [0.717, 1.165) is 32.8 Å². The number of hydrogen-bond acceptors (Lipinski definition) is 4. The van der Waals surface area contributed by atoms with Gasteiger partial charge in [-0.25, -0.2) is 4.98 Å². The van der Waals surface area contributed by atoms with Gasteiger partial charge in [-0.2, -0.15) is 0 Å². The van der Waals surface area contributed by atoms with Gasteiger partial charge < -0.3 is 4.90 Å². The van der Waals surface area contributed by atoms with Crippen LogP contribution in [0.4, 0.5) is 5.13 Å². The summed E-state index contributed by atoms with van der Waals surface area (Å²) >= 11 is 5.11. The Hall–Kier alpha value is -1.76. The molecule has 6 heteroatoms. The van der Waals surface area contributed by atoms with Gasteiger partial charge in [0.1, 0.15) is 0 Å². The lowest BCUT2D eigenvalue weighted by Gasteiger charge is -2.21. The summed E-state index contributed by atoms with van der Waals surface area (Å²) in [6, 6.07) is 11.8. The number of aromatic nitrogens is 1. The summed E-state index contributed by atoms with van der Waals surface area (Å²) in [5.41, 5.74) is 4.02. The number of anilines is 1. The molecule has 0 bridgehead atoms. The number of amides is 1. The van der Waals surface area contributed by atoms with Crippen molar-refractivity contribution in [2.24, 2.45) is 0 Å². The monoisotopic (exact) mass is 445 g/mol. The molecule has 0 unspecified atom stereocenters. The van der Waals surface area contributed by atoms with E-state index in [1.807, 2.05) is 43.3 Å². The SMILES string of the molecule is Cc1cc(C)c2sc(N(CCCN(C)C)C(=O)c3ccccc3Br)nc2c1. The van der Waals surface area contributed by atoms with Crippen LogP contribution in [0.3, 0.4) is 0 Å². The lowest BCUT2D eigenvalue weighted by molar-refractivity contribution is 0.0985. The zero-order chi connectivity index (χ0) is 19.6. The first-order valence-electron chi connectivity index (χ1n) is 8.95. The number of carbonyl (C=O) groups is 1. The largest absolute Gasteiger partial charge is 0.309 e. The number of hydrogen-bond donors (Lipinski definition) is 0. The summed E-state index contributed by atoms with van der Waals surface area (Å²) in [6.45, 7) is 5.73. The molecule has 0 aliphatic heterocycles. The molecule has 0 spiro atoms. The third kappa shape index (κ3) is 4.57. The van der Waals surface area contributed by atoms with Crippen LogP contribution in [-0.4, -0.2) is 43.0 Å². The van der Waals surface area contributed by atoms with Crippen LogP contribution in [0, 0.1) is 13.8 Å². The van der Waals surface area contributed by atoms with E-state index in [1.54, 1.807) is 11.3 Å². The van der Waals surface area contributed by atoms with Crippen LogP contribution >= 0.6 is 27.3 Å². The molecule has 0 fully saturated rings. The van der Waals surface area contributed by atoms with Crippen LogP contribution in [0.15, 0.2) is 40.9 Å². The topological polar surface area (TPSA) is 36.4 Å². The maximum atomic E-state index is 13.3. The Kier molecular flexibility index (Phi) is 6.29. The molecule has 0 saturated carbocycles. The van der Waals surface area contributed by atoms with E-state index in [4.69, 9.17) is 4.98 Å². The molecule has 1 heterocycles. The molecular formula is C21H24BrN3OS. The number of rotatable bonds is 6. The zero-order valence-electron chi connectivity index (χ0n) is 16.1. The van der Waals surface area contributed by atoms with E-state index < -0.39 is 0 Å². The quantitative estimate of drug-likeness (QED) is 0.517. The van der Waals surface area contributed by atoms with Crippen LogP contribution in [0.2, 0.25) is 0 Å². The highest BCUT2D eigenvalue weighted by molar-refractivity contribution is 9.10. The highest BCUT2D eigenvalue weighted by Gasteiger charge is 2.23. The maximum Gasteiger partial charge on any atom is 0.261 e. The van der Waals surface area contributed by atoms with E-state index in [-0.39, 0.29) is 5.91 Å². The Morgan fingerprint density at radius 1 is 1.15 bits per heavy atom. The molecule has 2 aromatic carbocycles. The van der Waals surface area contributed by atoms with E-state index in [1.165, 1.54) is 11.1 Å². The van der Waals surface area contributed by atoms with Crippen molar-refractivity contribution >= 4 is 48.5 Å². The molecule has 0 saturated heterocycles. The Bertz CT molecular complexity index is 967. The van der Waals surface area contributed by atoms with Gasteiger partial charge in [0.25, 0.3) is 5.91 Å². The molecular weight excluding hydrogens is 422 g/mol. The first-order chi connectivity index (χ1) is 12.9. The molecule has 0 aliphatic carbocycles. The first-order valence-corrected chi connectivity index (χ1v) is 10.6. The molecule has 1 aromatic heterocycles. The van der Waals surface area contributed by atoms with Crippen molar-refractivity contribution in [3.8, 4) is 0 Å². The van der Waals surface area contributed by atoms with E-state index in [9.17, 15) is 4.79 Å². The van der Waals surface area contributed by atoms with Crippen molar-refractivity contribution < 1.29 is 4.79 Å².